The van der Waals surface area contributed by atoms with Gasteiger partial charge in [-0.1, -0.05) is 6.07 Å². The number of nitro groups is 1. The fourth-order valence-electron chi connectivity index (χ4n) is 1.34. The summed E-state index contributed by atoms with van der Waals surface area (Å²) in [7, 11) is 0. The quantitative estimate of drug-likeness (QED) is 0.624. The lowest BCUT2D eigenvalue weighted by Gasteiger charge is -2.14. The number of para-hydroxylation sites is 1. The van der Waals surface area contributed by atoms with E-state index in [1.165, 1.54) is 13.0 Å². The van der Waals surface area contributed by atoms with Crippen LogP contribution < -0.4 is 4.74 Å². The molecule has 0 aliphatic heterocycles. The Labute approximate surface area is 102 Å². The molecule has 1 rings (SSSR count). The van der Waals surface area contributed by atoms with Crippen molar-refractivity contribution in [2.75, 3.05) is 0 Å². The molecular formula is C11H12FNO5. The first-order chi connectivity index (χ1) is 8.41. The van der Waals surface area contributed by atoms with Gasteiger partial charge >= 0.3 is 11.7 Å². The molecule has 0 aromatic heterocycles. The summed E-state index contributed by atoms with van der Waals surface area (Å²) in [6.45, 7) is 1.53. The van der Waals surface area contributed by atoms with Gasteiger partial charge in [0.15, 0.2) is 5.82 Å². The number of rotatable bonds is 6. The molecule has 0 spiro atoms. The van der Waals surface area contributed by atoms with Crippen LogP contribution in [0, 0.1) is 15.9 Å². The van der Waals surface area contributed by atoms with Gasteiger partial charge in [-0.3, -0.25) is 14.9 Å². The molecule has 0 saturated carbocycles. The zero-order valence-electron chi connectivity index (χ0n) is 9.63. The highest BCUT2D eigenvalue weighted by Gasteiger charge is 2.21. The molecule has 0 aliphatic carbocycles. The maximum Gasteiger partial charge on any atom is 0.314 e. The van der Waals surface area contributed by atoms with Gasteiger partial charge in [-0.25, -0.2) is 4.39 Å². The van der Waals surface area contributed by atoms with Crippen LogP contribution in [0.4, 0.5) is 10.1 Å². The van der Waals surface area contributed by atoms with E-state index in [9.17, 15) is 19.3 Å². The maximum atomic E-state index is 13.4. The van der Waals surface area contributed by atoms with E-state index in [0.717, 1.165) is 12.1 Å². The zero-order chi connectivity index (χ0) is 13.7. The van der Waals surface area contributed by atoms with Gasteiger partial charge in [-0.05, 0) is 19.4 Å². The number of carbonyl (C=O) groups is 1. The molecule has 1 atom stereocenters. The van der Waals surface area contributed by atoms with Crippen LogP contribution in [0.1, 0.15) is 19.8 Å². The number of halogens is 1. The molecule has 1 N–H and O–H groups in total. The first-order valence-electron chi connectivity index (χ1n) is 5.23. The van der Waals surface area contributed by atoms with Crippen LogP contribution in [0.2, 0.25) is 0 Å². The predicted molar refractivity (Wildman–Crippen MR) is 60.0 cm³/mol. The summed E-state index contributed by atoms with van der Waals surface area (Å²) < 4.78 is 18.5. The van der Waals surface area contributed by atoms with E-state index in [2.05, 4.69) is 0 Å². The third-order valence-electron chi connectivity index (χ3n) is 2.23. The van der Waals surface area contributed by atoms with Crippen LogP contribution in [-0.2, 0) is 4.79 Å². The molecule has 7 heteroatoms. The monoisotopic (exact) mass is 257 g/mol. The van der Waals surface area contributed by atoms with Crippen molar-refractivity contribution in [3.8, 4) is 5.75 Å². The summed E-state index contributed by atoms with van der Waals surface area (Å²) in [5.74, 6) is -2.31. The fourth-order valence-corrected chi connectivity index (χ4v) is 1.34. The Morgan fingerprint density at radius 3 is 2.83 bits per heavy atom. The SMILES string of the molecule is CC(CCC(=O)O)Oc1c(F)cccc1[N+](=O)[O-]. The number of ether oxygens (including phenoxy) is 1. The van der Waals surface area contributed by atoms with Crippen LogP contribution in [0.25, 0.3) is 0 Å². The molecule has 0 saturated heterocycles. The smallest absolute Gasteiger partial charge is 0.314 e. The number of hydrogen-bond donors (Lipinski definition) is 1. The molecule has 0 radical (unpaired) electrons. The van der Waals surface area contributed by atoms with Crippen molar-refractivity contribution in [3.05, 3.63) is 34.1 Å². The third-order valence-corrected chi connectivity index (χ3v) is 2.23. The first kappa shape index (κ1) is 13.9. The number of nitrogens with zero attached hydrogens (tertiary/aromatic N) is 1. The zero-order valence-corrected chi connectivity index (χ0v) is 9.63. The van der Waals surface area contributed by atoms with Gasteiger partial charge in [-0.2, -0.15) is 0 Å². The van der Waals surface area contributed by atoms with Crippen molar-refractivity contribution < 1.29 is 24.0 Å². The summed E-state index contributed by atoms with van der Waals surface area (Å²) in [4.78, 5) is 20.3. The van der Waals surface area contributed by atoms with E-state index < -0.39 is 34.3 Å². The normalized spacial score (nSPS) is 11.9. The Morgan fingerprint density at radius 1 is 1.61 bits per heavy atom. The molecule has 0 heterocycles. The van der Waals surface area contributed by atoms with Crippen molar-refractivity contribution in [2.24, 2.45) is 0 Å². The van der Waals surface area contributed by atoms with E-state index in [4.69, 9.17) is 9.84 Å². The van der Waals surface area contributed by atoms with Crippen molar-refractivity contribution in [1.82, 2.24) is 0 Å². The van der Waals surface area contributed by atoms with Crippen LogP contribution in [0.3, 0.4) is 0 Å². The van der Waals surface area contributed by atoms with Gasteiger partial charge in [-0.15, -0.1) is 0 Å². The Balaban J connectivity index is 2.83. The average molecular weight is 257 g/mol. The molecule has 0 bridgehead atoms. The predicted octanol–water partition coefficient (Wildman–Crippen LogP) is 2.37. The van der Waals surface area contributed by atoms with Crippen LogP contribution >= 0.6 is 0 Å². The van der Waals surface area contributed by atoms with Crippen molar-refractivity contribution in [2.45, 2.75) is 25.9 Å². The van der Waals surface area contributed by atoms with E-state index in [0.29, 0.717) is 0 Å². The Kier molecular flexibility index (Phi) is 4.59. The fraction of sp³-hybridized carbons (Fsp3) is 0.364. The summed E-state index contributed by atoms with van der Waals surface area (Å²) in [5, 5.41) is 19.2. The number of carboxylic acid groups (broad SMARTS) is 1. The summed E-state index contributed by atoms with van der Waals surface area (Å²) in [6, 6.07) is 3.39. The minimum atomic E-state index is -1.01. The second-order valence-electron chi connectivity index (χ2n) is 3.71. The molecule has 0 fully saturated rings. The molecule has 1 aromatic rings. The molecule has 98 valence electrons. The molecular weight excluding hydrogens is 245 g/mol. The molecule has 0 amide bonds. The van der Waals surface area contributed by atoms with Gasteiger partial charge in [0.1, 0.15) is 0 Å². The van der Waals surface area contributed by atoms with Crippen LogP contribution in [-0.4, -0.2) is 22.1 Å². The molecule has 18 heavy (non-hydrogen) atoms. The lowest BCUT2D eigenvalue weighted by Crippen LogP contribution is -2.15. The highest BCUT2D eigenvalue weighted by molar-refractivity contribution is 5.66. The Hall–Kier alpha value is -2.18. The molecule has 0 aliphatic rings. The van der Waals surface area contributed by atoms with E-state index >= 15 is 0 Å². The number of nitro benzene ring substituents is 1. The second kappa shape index (κ2) is 5.95. The lowest BCUT2D eigenvalue weighted by atomic mass is 10.2. The van der Waals surface area contributed by atoms with Crippen molar-refractivity contribution in [1.29, 1.82) is 0 Å². The van der Waals surface area contributed by atoms with E-state index in [-0.39, 0.29) is 12.8 Å². The topological polar surface area (TPSA) is 89.7 Å². The highest BCUT2D eigenvalue weighted by Crippen LogP contribution is 2.30. The number of carboxylic acids is 1. The van der Waals surface area contributed by atoms with E-state index in [1.54, 1.807) is 0 Å². The van der Waals surface area contributed by atoms with Gasteiger partial charge < -0.3 is 9.84 Å². The number of hydrogen-bond acceptors (Lipinski definition) is 4. The average Bonchev–Trinajstić information content (AvgIpc) is 2.28. The highest BCUT2D eigenvalue weighted by atomic mass is 19.1. The Morgan fingerprint density at radius 2 is 2.28 bits per heavy atom. The summed E-state index contributed by atoms with van der Waals surface area (Å²) >= 11 is 0. The minimum Gasteiger partial charge on any atom is -0.482 e. The number of benzene rings is 1. The summed E-state index contributed by atoms with van der Waals surface area (Å²) in [6.07, 6.45) is -0.638. The molecule has 1 aromatic carbocycles. The largest absolute Gasteiger partial charge is 0.482 e. The number of aliphatic carboxylic acids is 1. The van der Waals surface area contributed by atoms with Crippen LogP contribution in [0.5, 0.6) is 5.75 Å². The van der Waals surface area contributed by atoms with Crippen LogP contribution in [0.15, 0.2) is 18.2 Å². The second-order valence-corrected chi connectivity index (χ2v) is 3.71. The van der Waals surface area contributed by atoms with Gasteiger partial charge in [0, 0.05) is 12.5 Å². The van der Waals surface area contributed by atoms with Gasteiger partial charge in [0.05, 0.1) is 11.0 Å². The lowest BCUT2D eigenvalue weighted by molar-refractivity contribution is -0.386. The van der Waals surface area contributed by atoms with Gasteiger partial charge in [0.2, 0.25) is 5.75 Å². The third kappa shape index (κ3) is 3.69. The van der Waals surface area contributed by atoms with Crippen molar-refractivity contribution in [3.63, 3.8) is 0 Å². The molecule has 1 unspecified atom stereocenters. The first-order valence-corrected chi connectivity index (χ1v) is 5.23. The van der Waals surface area contributed by atoms with Crippen molar-refractivity contribution >= 4 is 11.7 Å². The van der Waals surface area contributed by atoms with Gasteiger partial charge in [0.25, 0.3) is 0 Å². The standard InChI is InChI=1S/C11H12FNO5/c1-7(5-6-10(14)15)18-11-8(12)3-2-4-9(11)13(16)17/h2-4,7H,5-6H2,1H3,(H,14,15). The summed E-state index contributed by atoms with van der Waals surface area (Å²) in [5.41, 5.74) is -0.475. The maximum absolute atomic E-state index is 13.4. The Bertz CT molecular complexity index is 463. The van der Waals surface area contributed by atoms with E-state index in [1.807, 2.05) is 0 Å². The minimum absolute atomic E-state index is 0.140. The molecule has 6 nitrogen and oxygen atoms in total.